The van der Waals surface area contributed by atoms with Gasteiger partial charge in [-0.15, -0.1) is 13.2 Å². The second kappa shape index (κ2) is 7.56. The first-order valence-electron chi connectivity index (χ1n) is 7.19. The van der Waals surface area contributed by atoms with Gasteiger partial charge in [-0.25, -0.2) is 4.98 Å². The number of thiazole rings is 1. The lowest BCUT2D eigenvalue weighted by Crippen LogP contribution is -2.32. The number of carbonyl (C=O) groups excluding carboxylic acids is 2. The lowest BCUT2D eigenvalue weighted by molar-refractivity contribution is -0.274. The third-order valence-electron chi connectivity index (χ3n) is 3.05. The molecule has 142 valence electrons. The van der Waals surface area contributed by atoms with Crippen LogP contribution in [0.3, 0.4) is 0 Å². The van der Waals surface area contributed by atoms with Gasteiger partial charge < -0.3 is 19.8 Å². The van der Waals surface area contributed by atoms with Crippen LogP contribution in [0.4, 0.5) is 18.3 Å². The van der Waals surface area contributed by atoms with Crippen molar-refractivity contribution >= 4 is 54.4 Å². The van der Waals surface area contributed by atoms with Gasteiger partial charge >= 0.3 is 6.36 Å². The Morgan fingerprint density at radius 1 is 1.26 bits per heavy atom. The molecular formula is C15H9BrF3N3O4S. The molecule has 0 atom stereocenters. The molecule has 1 aromatic carbocycles. The summed E-state index contributed by atoms with van der Waals surface area (Å²) in [4.78, 5) is 27.8. The molecule has 3 rings (SSSR count). The lowest BCUT2D eigenvalue weighted by Gasteiger charge is -2.07. The van der Waals surface area contributed by atoms with Crippen LogP contribution in [0, 0.1) is 0 Å². The molecule has 12 heteroatoms. The van der Waals surface area contributed by atoms with Gasteiger partial charge in [0.05, 0.1) is 16.8 Å². The van der Waals surface area contributed by atoms with Gasteiger partial charge in [0.25, 0.3) is 5.91 Å². The van der Waals surface area contributed by atoms with E-state index < -0.39 is 18.2 Å². The highest BCUT2D eigenvalue weighted by atomic mass is 79.9. The van der Waals surface area contributed by atoms with Crippen molar-refractivity contribution < 1.29 is 31.9 Å². The van der Waals surface area contributed by atoms with E-state index in [2.05, 4.69) is 36.3 Å². The van der Waals surface area contributed by atoms with Crippen LogP contribution in [0.15, 0.2) is 39.4 Å². The Morgan fingerprint density at radius 3 is 2.70 bits per heavy atom. The van der Waals surface area contributed by atoms with Gasteiger partial charge in [0, 0.05) is 6.07 Å². The first kappa shape index (κ1) is 19.2. The quantitative estimate of drug-likeness (QED) is 0.597. The predicted molar refractivity (Wildman–Crippen MR) is 93.7 cm³/mol. The van der Waals surface area contributed by atoms with Crippen LogP contribution in [-0.4, -0.2) is 29.7 Å². The lowest BCUT2D eigenvalue weighted by atomic mass is 10.3. The predicted octanol–water partition coefficient (Wildman–Crippen LogP) is 3.92. The maximum absolute atomic E-state index is 12.3. The van der Waals surface area contributed by atoms with Crippen molar-refractivity contribution in [2.75, 3.05) is 11.9 Å². The Morgan fingerprint density at radius 2 is 2.04 bits per heavy atom. The normalized spacial score (nSPS) is 11.4. The molecule has 2 N–H and O–H groups in total. The molecule has 0 bridgehead atoms. The molecule has 2 aromatic heterocycles. The second-order valence-electron chi connectivity index (χ2n) is 5.03. The Kier molecular flexibility index (Phi) is 5.37. The van der Waals surface area contributed by atoms with E-state index in [-0.39, 0.29) is 23.2 Å². The number of amides is 2. The average molecular weight is 464 g/mol. The molecule has 0 saturated carbocycles. The summed E-state index contributed by atoms with van der Waals surface area (Å²) in [5.41, 5.74) is 0.397. The highest BCUT2D eigenvalue weighted by Crippen LogP contribution is 2.31. The van der Waals surface area contributed by atoms with Crippen LogP contribution >= 0.6 is 27.3 Å². The van der Waals surface area contributed by atoms with E-state index >= 15 is 0 Å². The van der Waals surface area contributed by atoms with Gasteiger partial charge in [0.2, 0.25) is 5.91 Å². The van der Waals surface area contributed by atoms with Crippen LogP contribution in [0.25, 0.3) is 10.2 Å². The van der Waals surface area contributed by atoms with E-state index in [4.69, 9.17) is 4.42 Å². The third kappa shape index (κ3) is 5.20. The van der Waals surface area contributed by atoms with Gasteiger partial charge in [-0.3, -0.25) is 9.59 Å². The van der Waals surface area contributed by atoms with E-state index in [0.717, 1.165) is 17.4 Å². The number of aromatic nitrogens is 1. The molecule has 7 nitrogen and oxygen atoms in total. The minimum absolute atomic E-state index is 0.0341. The Labute approximate surface area is 161 Å². The van der Waals surface area contributed by atoms with Crippen LogP contribution in [0.1, 0.15) is 10.6 Å². The van der Waals surface area contributed by atoms with Crippen molar-refractivity contribution in [2.24, 2.45) is 0 Å². The molecule has 0 fully saturated rings. The first-order valence-corrected chi connectivity index (χ1v) is 8.80. The van der Waals surface area contributed by atoms with Crippen molar-refractivity contribution in [2.45, 2.75) is 6.36 Å². The monoisotopic (exact) mass is 463 g/mol. The zero-order chi connectivity index (χ0) is 19.6. The number of halogens is 4. The molecule has 0 aliphatic carbocycles. The number of hydrogen-bond acceptors (Lipinski definition) is 6. The van der Waals surface area contributed by atoms with Crippen molar-refractivity contribution in [3.63, 3.8) is 0 Å². The molecule has 0 spiro atoms. The number of anilines is 1. The van der Waals surface area contributed by atoms with Gasteiger partial charge in [-0.1, -0.05) is 11.3 Å². The van der Waals surface area contributed by atoms with Gasteiger partial charge in [-0.05, 0) is 40.2 Å². The topological polar surface area (TPSA) is 93.5 Å². The summed E-state index contributed by atoms with van der Waals surface area (Å²) in [6.45, 7) is -0.338. The number of furan rings is 1. The maximum atomic E-state index is 12.3. The number of nitrogens with zero attached hydrogens (tertiary/aromatic N) is 1. The molecule has 0 unspecified atom stereocenters. The van der Waals surface area contributed by atoms with Crippen molar-refractivity contribution in [1.82, 2.24) is 10.3 Å². The van der Waals surface area contributed by atoms with Crippen molar-refractivity contribution in [1.29, 1.82) is 0 Å². The second-order valence-corrected chi connectivity index (χ2v) is 6.84. The SMILES string of the molecule is O=C(CNC(=O)c1ccc(Br)o1)Nc1nc2ccc(OC(F)(F)F)cc2s1. The number of ether oxygens (including phenoxy) is 1. The summed E-state index contributed by atoms with van der Waals surface area (Å²) in [5.74, 6) is -1.48. The first-order chi connectivity index (χ1) is 12.7. The molecular weight excluding hydrogens is 455 g/mol. The number of nitrogens with one attached hydrogen (secondary N) is 2. The third-order valence-corrected chi connectivity index (χ3v) is 4.41. The molecule has 2 amide bonds. The Bertz CT molecular complexity index is 1000. The fourth-order valence-electron chi connectivity index (χ4n) is 2.00. The van der Waals surface area contributed by atoms with Crippen molar-refractivity contribution in [3.05, 3.63) is 40.8 Å². The van der Waals surface area contributed by atoms with Gasteiger partial charge in [0.15, 0.2) is 15.6 Å². The molecule has 0 radical (unpaired) electrons. The molecule has 0 saturated heterocycles. The Hall–Kier alpha value is -2.60. The average Bonchev–Trinajstić information content (AvgIpc) is 3.16. The summed E-state index contributed by atoms with van der Waals surface area (Å²) in [6.07, 6.45) is -4.79. The number of fused-ring (bicyclic) bond motifs is 1. The zero-order valence-corrected chi connectivity index (χ0v) is 15.5. The van der Waals surface area contributed by atoms with E-state index in [9.17, 15) is 22.8 Å². The zero-order valence-electron chi connectivity index (χ0n) is 13.1. The standard InChI is InChI=1S/C15H9BrF3N3O4S/c16-11-4-3-9(25-11)13(24)20-6-12(23)22-14-21-8-2-1-7(5-10(8)27-14)26-15(17,18)19/h1-5H,6H2,(H,20,24)(H,21,22,23). The fourth-order valence-corrected chi connectivity index (χ4v) is 3.22. The summed E-state index contributed by atoms with van der Waals surface area (Å²) in [7, 11) is 0. The largest absolute Gasteiger partial charge is 0.573 e. The van der Waals surface area contributed by atoms with Crippen LogP contribution in [0.5, 0.6) is 5.75 Å². The summed E-state index contributed by atoms with van der Waals surface area (Å²) in [5, 5.41) is 5.00. The molecule has 27 heavy (non-hydrogen) atoms. The molecule has 3 aromatic rings. The van der Waals surface area contributed by atoms with Crippen molar-refractivity contribution in [3.8, 4) is 5.75 Å². The molecule has 0 aliphatic rings. The van der Waals surface area contributed by atoms with E-state index in [1.54, 1.807) is 0 Å². The highest BCUT2D eigenvalue weighted by molar-refractivity contribution is 9.10. The minimum atomic E-state index is -4.79. The van der Waals surface area contributed by atoms with E-state index in [1.165, 1.54) is 24.3 Å². The van der Waals surface area contributed by atoms with E-state index in [0.29, 0.717) is 14.9 Å². The van der Waals surface area contributed by atoms with Gasteiger partial charge in [-0.2, -0.15) is 0 Å². The highest BCUT2D eigenvalue weighted by Gasteiger charge is 2.31. The number of rotatable bonds is 5. The summed E-state index contributed by atoms with van der Waals surface area (Å²) in [6, 6.07) is 6.62. The Balaban J connectivity index is 1.60. The molecule has 2 heterocycles. The summed E-state index contributed by atoms with van der Waals surface area (Å²) < 4.78 is 46.4. The molecule has 0 aliphatic heterocycles. The number of benzene rings is 1. The van der Waals surface area contributed by atoms with Crippen LogP contribution in [-0.2, 0) is 4.79 Å². The fraction of sp³-hybridized carbons (Fsp3) is 0.133. The van der Waals surface area contributed by atoms with E-state index in [1.807, 2.05) is 0 Å². The number of hydrogen-bond donors (Lipinski definition) is 2. The number of alkyl halides is 3. The van der Waals surface area contributed by atoms with Crippen LogP contribution < -0.4 is 15.4 Å². The smallest absolute Gasteiger partial charge is 0.444 e. The minimum Gasteiger partial charge on any atom is -0.444 e. The number of carbonyl (C=O) groups is 2. The summed E-state index contributed by atoms with van der Waals surface area (Å²) >= 11 is 4.03. The maximum Gasteiger partial charge on any atom is 0.573 e. The van der Waals surface area contributed by atoms with Gasteiger partial charge in [0.1, 0.15) is 5.75 Å². The van der Waals surface area contributed by atoms with Crippen LogP contribution in [0.2, 0.25) is 0 Å².